The number of aldehydes is 2. The number of carbonyl (C=O) groups is 2. The highest BCUT2D eigenvalue weighted by Crippen LogP contribution is 2.20. The quantitative estimate of drug-likeness (QED) is 0.732. The number of likely N-dealkylation sites (tertiary alicyclic amines) is 1. The number of aromatic nitrogens is 2. The molecular weight excluding hydrogens is 330 g/mol. The van der Waals surface area contributed by atoms with Crippen molar-refractivity contribution in [1.29, 1.82) is 0 Å². The lowest BCUT2D eigenvalue weighted by molar-refractivity contribution is 0.0791. The minimum atomic E-state index is -0.134. The Morgan fingerprint density at radius 2 is 1.69 bits per heavy atom. The number of hydrogen-bond acceptors (Lipinski definition) is 4. The van der Waals surface area contributed by atoms with Crippen molar-refractivity contribution < 1.29 is 14.7 Å². The van der Waals surface area contributed by atoms with E-state index in [1.807, 2.05) is 33.8 Å². The fourth-order valence-electron chi connectivity index (χ4n) is 3.34. The molecule has 0 spiro atoms. The van der Waals surface area contributed by atoms with Gasteiger partial charge in [-0.3, -0.25) is 14.5 Å². The van der Waals surface area contributed by atoms with Gasteiger partial charge >= 0.3 is 0 Å². The van der Waals surface area contributed by atoms with Gasteiger partial charge in [0.2, 0.25) is 0 Å². The molecule has 0 aromatic carbocycles. The molecule has 1 aliphatic rings. The summed E-state index contributed by atoms with van der Waals surface area (Å²) < 4.78 is 0. The van der Waals surface area contributed by atoms with Gasteiger partial charge in [-0.25, -0.2) is 0 Å². The van der Waals surface area contributed by atoms with Gasteiger partial charge in [-0.15, -0.1) is 0 Å². The molecule has 2 aromatic rings. The van der Waals surface area contributed by atoms with Crippen molar-refractivity contribution in [2.75, 3.05) is 13.1 Å². The fourth-order valence-corrected chi connectivity index (χ4v) is 3.34. The minimum absolute atomic E-state index is 0.134. The van der Waals surface area contributed by atoms with E-state index in [0.29, 0.717) is 11.4 Å². The molecule has 3 N–H and O–H groups in total. The highest BCUT2D eigenvalue weighted by Gasteiger charge is 2.19. The van der Waals surface area contributed by atoms with E-state index < -0.39 is 0 Å². The zero-order valence-corrected chi connectivity index (χ0v) is 16.1. The number of carbonyl (C=O) groups excluding carboxylic acids is 2. The summed E-state index contributed by atoms with van der Waals surface area (Å²) in [5, 5.41) is 9.47. The summed E-state index contributed by atoms with van der Waals surface area (Å²) >= 11 is 0. The molecule has 6 heteroatoms. The van der Waals surface area contributed by atoms with Gasteiger partial charge in [0, 0.05) is 31.0 Å². The molecule has 0 atom stereocenters. The van der Waals surface area contributed by atoms with Gasteiger partial charge in [0.05, 0.1) is 17.5 Å². The second-order valence-corrected chi connectivity index (χ2v) is 7.06. The van der Waals surface area contributed by atoms with Crippen LogP contribution in [0.3, 0.4) is 0 Å². The van der Waals surface area contributed by atoms with Crippen molar-refractivity contribution >= 4 is 12.6 Å². The molecule has 3 heterocycles. The average molecular weight is 359 g/mol. The largest absolute Gasteiger partial charge is 0.393 e. The summed E-state index contributed by atoms with van der Waals surface area (Å²) in [6, 6.07) is 1.95. The zero-order valence-electron chi connectivity index (χ0n) is 16.1. The SMILES string of the molecule is Cc1[nH]c(C=O)c(C)c1CN1CCC(O)CC1.Cc1cc(C)c(C=O)[nH]1. The standard InChI is InChI=1S/C13H20N2O2.C7H9NO/c1-9-12(10(2)14-13(9)8-16)7-15-5-3-11(17)4-6-15;1-5-3-6(2)8-7(5)4-9/h8,11,14,17H,3-7H2,1-2H3;3-4,8H,1-2H3. The van der Waals surface area contributed by atoms with Crippen molar-refractivity contribution in [1.82, 2.24) is 14.9 Å². The second-order valence-electron chi connectivity index (χ2n) is 7.06. The summed E-state index contributed by atoms with van der Waals surface area (Å²) in [5.41, 5.74) is 6.79. The number of rotatable bonds is 4. The maximum Gasteiger partial charge on any atom is 0.166 e. The molecule has 0 amide bonds. The Morgan fingerprint density at radius 1 is 1.08 bits per heavy atom. The van der Waals surface area contributed by atoms with E-state index in [4.69, 9.17) is 0 Å². The van der Waals surface area contributed by atoms with Crippen LogP contribution in [0.1, 0.15) is 61.9 Å². The number of nitrogens with zero attached hydrogens (tertiary/aromatic N) is 1. The third-order valence-electron chi connectivity index (χ3n) is 5.00. The summed E-state index contributed by atoms with van der Waals surface area (Å²) in [6.07, 6.45) is 3.28. The van der Waals surface area contributed by atoms with E-state index in [1.54, 1.807) is 0 Å². The van der Waals surface area contributed by atoms with Crippen molar-refractivity contribution in [3.63, 3.8) is 0 Å². The van der Waals surface area contributed by atoms with Gasteiger partial charge in [-0.2, -0.15) is 0 Å². The van der Waals surface area contributed by atoms with Gasteiger partial charge in [0.15, 0.2) is 12.6 Å². The summed E-state index contributed by atoms with van der Waals surface area (Å²) in [6.45, 7) is 10.6. The topological polar surface area (TPSA) is 89.2 Å². The molecule has 6 nitrogen and oxygen atoms in total. The van der Waals surface area contributed by atoms with E-state index in [2.05, 4.69) is 14.9 Å². The molecule has 1 fully saturated rings. The van der Waals surface area contributed by atoms with Gasteiger partial charge in [-0.1, -0.05) is 0 Å². The minimum Gasteiger partial charge on any atom is -0.393 e. The molecule has 0 saturated carbocycles. The average Bonchev–Trinajstić information content (AvgIpc) is 3.09. The summed E-state index contributed by atoms with van der Waals surface area (Å²) in [4.78, 5) is 29.4. The number of aromatic amines is 2. The number of piperidine rings is 1. The van der Waals surface area contributed by atoms with E-state index >= 15 is 0 Å². The van der Waals surface area contributed by atoms with Crippen LogP contribution in [0.5, 0.6) is 0 Å². The molecule has 26 heavy (non-hydrogen) atoms. The molecule has 1 aliphatic heterocycles. The van der Waals surface area contributed by atoms with E-state index in [-0.39, 0.29) is 6.10 Å². The third kappa shape index (κ3) is 4.93. The van der Waals surface area contributed by atoms with Crippen LogP contribution in [0.2, 0.25) is 0 Å². The van der Waals surface area contributed by atoms with Gasteiger partial charge in [-0.05, 0) is 63.3 Å². The second kappa shape index (κ2) is 8.96. The van der Waals surface area contributed by atoms with Crippen LogP contribution in [0.15, 0.2) is 6.07 Å². The monoisotopic (exact) mass is 359 g/mol. The van der Waals surface area contributed by atoms with Crippen LogP contribution in [0.4, 0.5) is 0 Å². The number of aliphatic hydroxyl groups is 1. The lowest BCUT2D eigenvalue weighted by Gasteiger charge is -2.29. The first-order valence-corrected chi connectivity index (χ1v) is 9.00. The predicted molar refractivity (Wildman–Crippen MR) is 102 cm³/mol. The zero-order chi connectivity index (χ0) is 19.3. The Labute approximate surface area is 154 Å². The Balaban J connectivity index is 0.000000228. The van der Waals surface area contributed by atoms with Crippen LogP contribution < -0.4 is 0 Å². The number of hydrogen-bond donors (Lipinski definition) is 3. The van der Waals surface area contributed by atoms with Gasteiger partial charge < -0.3 is 15.1 Å². The molecule has 0 radical (unpaired) electrons. The first-order chi connectivity index (χ1) is 12.3. The number of nitrogens with one attached hydrogen (secondary N) is 2. The molecule has 2 aromatic heterocycles. The van der Waals surface area contributed by atoms with Crippen molar-refractivity contribution in [2.45, 2.75) is 53.2 Å². The lowest BCUT2D eigenvalue weighted by atomic mass is 10.1. The molecule has 0 bridgehead atoms. The molecule has 0 aliphatic carbocycles. The normalized spacial score (nSPS) is 15.4. The first-order valence-electron chi connectivity index (χ1n) is 9.00. The van der Waals surface area contributed by atoms with Gasteiger partial charge in [0.1, 0.15) is 0 Å². The molecular formula is C20H29N3O3. The Kier molecular flexibility index (Phi) is 6.94. The third-order valence-corrected chi connectivity index (χ3v) is 5.00. The molecule has 3 rings (SSSR count). The fraction of sp³-hybridized carbons (Fsp3) is 0.500. The predicted octanol–water partition coefficient (Wildman–Crippen LogP) is 2.84. The first kappa shape index (κ1) is 20.1. The van der Waals surface area contributed by atoms with Crippen LogP contribution in [0, 0.1) is 27.7 Å². The van der Waals surface area contributed by atoms with E-state index in [0.717, 1.165) is 67.6 Å². The molecule has 1 saturated heterocycles. The number of aryl methyl sites for hydroxylation is 3. The van der Waals surface area contributed by atoms with Gasteiger partial charge in [0.25, 0.3) is 0 Å². The number of H-pyrrole nitrogens is 2. The summed E-state index contributed by atoms with van der Waals surface area (Å²) in [5.74, 6) is 0. The maximum atomic E-state index is 10.9. The van der Waals surface area contributed by atoms with E-state index in [1.165, 1.54) is 5.56 Å². The summed E-state index contributed by atoms with van der Waals surface area (Å²) in [7, 11) is 0. The van der Waals surface area contributed by atoms with Crippen molar-refractivity contribution in [2.24, 2.45) is 0 Å². The van der Waals surface area contributed by atoms with Crippen LogP contribution in [-0.4, -0.2) is 51.7 Å². The van der Waals surface area contributed by atoms with E-state index in [9.17, 15) is 14.7 Å². The lowest BCUT2D eigenvalue weighted by Crippen LogP contribution is -2.35. The smallest absolute Gasteiger partial charge is 0.166 e. The van der Waals surface area contributed by atoms with Crippen LogP contribution in [0.25, 0.3) is 0 Å². The van der Waals surface area contributed by atoms with Crippen LogP contribution in [-0.2, 0) is 6.54 Å². The Morgan fingerprint density at radius 3 is 2.12 bits per heavy atom. The van der Waals surface area contributed by atoms with Crippen LogP contribution >= 0.6 is 0 Å². The van der Waals surface area contributed by atoms with Crippen molar-refractivity contribution in [3.05, 3.63) is 45.5 Å². The molecule has 0 unspecified atom stereocenters. The Bertz CT molecular complexity index is 753. The Hall–Kier alpha value is -2.18. The molecule has 142 valence electrons. The highest BCUT2D eigenvalue weighted by atomic mass is 16.3. The number of aliphatic hydroxyl groups excluding tert-OH is 1. The maximum absolute atomic E-state index is 10.9. The highest BCUT2D eigenvalue weighted by molar-refractivity contribution is 5.76. The van der Waals surface area contributed by atoms with Crippen molar-refractivity contribution in [3.8, 4) is 0 Å².